The highest BCUT2D eigenvalue weighted by molar-refractivity contribution is 7.91. The maximum atomic E-state index is 12.2. The van der Waals surface area contributed by atoms with Gasteiger partial charge in [-0.25, -0.2) is 21.6 Å². The molecule has 1 aromatic rings. The van der Waals surface area contributed by atoms with Crippen molar-refractivity contribution in [1.82, 2.24) is 9.62 Å². The van der Waals surface area contributed by atoms with Gasteiger partial charge in [-0.2, -0.15) is 0 Å². The van der Waals surface area contributed by atoms with Crippen molar-refractivity contribution in [2.24, 2.45) is 0 Å². The van der Waals surface area contributed by atoms with E-state index in [2.05, 4.69) is 4.72 Å². The molecule has 0 aromatic heterocycles. The predicted octanol–water partition coefficient (Wildman–Crippen LogP) is -0.0977. The normalized spacial score (nSPS) is 12.8. The SMILES string of the molecule is CN(C)CCCNS(=O)(=O)c1cc(S(C)(=O)=O)ccc1N. The van der Waals surface area contributed by atoms with Crippen LogP contribution in [0.1, 0.15) is 6.42 Å². The van der Waals surface area contributed by atoms with Crippen molar-refractivity contribution >= 4 is 25.5 Å². The second-order valence-corrected chi connectivity index (χ2v) is 8.78. The highest BCUT2D eigenvalue weighted by Gasteiger charge is 2.20. The van der Waals surface area contributed by atoms with Crippen molar-refractivity contribution in [2.75, 3.05) is 39.2 Å². The zero-order valence-electron chi connectivity index (χ0n) is 12.3. The van der Waals surface area contributed by atoms with Crippen LogP contribution in [0, 0.1) is 0 Å². The molecule has 0 aliphatic carbocycles. The average Bonchev–Trinajstić information content (AvgIpc) is 2.33. The first-order valence-electron chi connectivity index (χ1n) is 6.28. The quantitative estimate of drug-likeness (QED) is 0.532. The Bertz CT molecular complexity index is 697. The van der Waals surface area contributed by atoms with E-state index in [1.807, 2.05) is 19.0 Å². The lowest BCUT2D eigenvalue weighted by atomic mass is 10.3. The first kappa shape index (κ1) is 17.9. The number of nitrogens with two attached hydrogens (primary N) is 1. The van der Waals surface area contributed by atoms with E-state index in [9.17, 15) is 16.8 Å². The molecule has 0 radical (unpaired) electrons. The maximum absolute atomic E-state index is 12.2. The Labute approximate surface area is 126 Å². The fourth-order valence-corrected chi connectivity index (χ4v) is 3.61. The minimum Gasteiger partial charge on any atom is -0.398 e. The van der Waals surface area contributed by atoms with Crippen molar-refractivity contribution in [1.29, 1.82) is 0 Å². The van der Waals surface area contributed by atoms with Crippen LogP contribution in [-0.4, -0.2) is 55.2 Å². The summed E-state index contributed by atoms with van der Waals surface area (Å²) < 4.78 is 49.8. The molecule has 1 rings (SSSR count). The van der Waals surface area contributed by atoms with E-state index < -0.39 is 19.9 Å². The average molecular weight is 335 g/mol. The Morgan fingerprint density at radius 1 is 1.19 bits per heavy atom. The molecule has 21 heavy (non-hydrogen) atoms. The van der Waals surface area contributed by atoms with E-state index in [0.29, 0.717) is 6.42 Å². The van der Waals surface area contributed by atoms with Gasteiger partial charge in [-0.05, 0) is 45.3 Å². The lowest BCUT2D eigenvalue weighted by Gasteiger charge is -2.12. The van der Waals surface area contributed by atoms with E-state index in [1.54, 1.807) is 0 Å². The van der Waals surface area contributed by atoms with E-state index in [1.165, 1.54) is 12.1 Å². The number of nitrogen functional groups attached to an aromatic ring is 1. The summed E-state index contributed by atoms with van der Waals surface area (Å²) in [6, 6.07) is 3.65. The Morgan fingerprint density at radius 2 is 1.81 bits per heavy atom. The Hall–Kier alpha value is -1.16. The zero-order valence-corrected chi connectivity index (χ0v) is 14.0. The lowest BCUT2D eigenvalue weighted by molar-refractivity contribution is 0.400. The summed E-state index contributed by atoms with van der Waals surface area (Å²) in [7, 11) is -3.54. The molecule has 0 saturated heterocycles. The van der Waals surface area contributed by atoms with Gasteiger partial charge in [0.15, 0.2) is 9.84 Å². The summed E-state index contributed by atoms with van der Waals surface area (Å²) in [4.78, 5) is 1.65. The molecule has 0 heterocycles. The van der Waals surface area contributed by atoms with Crippen molar-refractivity contribution in [2.45, 2.75) is 16.2 Å². The summed E-state index contributed by atoms with van der Waals surface area (Å²) in [5.74, 6) is 0. The van der Waals surface area contributed by atoms with Gasteiger partial charge in [0.05, 0.1) is 10.6 Å². The molecular formula is C12H21N3O4S2. The van der Waals surface area contributed by atoms with Crippen molar-refractivity contribution < 1.29 is 16.8 Å². The number of rotatable bonds is 7. The van der Waals surface area contributed by atoms with Gasteiger partial charge in [-0.15, -0.1) is 0 Å². The Kier molecular flexibility index (Phi) is 5.74. The minimum absolute atomic E-state index is 0.0162. The van der Waals surface area contributed by atoms with Crippen molar-refractivity contribution in [3.63, 3.8) is 0 Å². The summed E-state index contributed by atoms with van der Waals surface area (Å²) in [6.45, 7) is 0.991. The van der Waals surface area contributed by atoms with Crippen LogP contribution in [0.3, 0.4) is 0 Å². The molecular weight excluding hydrogens is 314 g/mol. The van der Waals surface area contributed by atoms with Gasteiger partial charge in [0.25, 0.3) is 0 Å². The van der Waals surface area contributed by atoms with Crippen LogP contribution in [0.25, 0.3) is 0 Å². The molecule has 0 unspecified atom stereocenters. The summed E-state index contributed by atoms with van der Waals surface area (Å²) >= 11 is 0. The Balaban J connectivity index is 2.98. The van der Waals surface area contributed by atoms with Gasteiger partial charge in [0.1, 0.15) is 4.90 Å². The molecule has 0 aliphatic heterocycles. The number of nitrogens with one attached hydrogen (secondary N) is 1. The first-order chi connectivity index (χ1) is 9.54. The maximum Gasteiger partial charge on any atom is 0.242 e. The van der Waals surface area contributed by atoms with Gasteiger partial charge in [-0.3, -0.25) is 0 Å². The molecule has 0 amide bonds. The first-order valence-corrected chi connectivity index (χ1v) is 9.65. The van der Waals surface area contributed by atoms with Crippen LogP contribution < -0.4 is 10.5 Å². The van der Waals surface area contributed by atoms with Crippen molar-refractivity contribution in [3.05, 3.63) is 18.2 Å². The molecule has 0 aliphatic rings. The standard InChI is InChI=1S/C12H21N3O4S2/c1-15(2)8-4-7-14-21(18,19)12-9-10(20(3,16)17)5-6-11(12)13/h5-6,9,14H,4,7-8,13H2,1-3H3. The van der Waals surface area contributed by atoms with Gasteiger partial charge in [0.2, 0.25) is 10.0 Å². The molecule has 1 aromatic carbocycles. The molecule has 120 valence electrons. The van der Waals surface area contributed by atoms with Gasteiger partial charge >= 0.3 is 0 Å². The van der Waals surface area contributed by atoms with E-state index in [4.69, 9.17) is 5.73 Å². The summed E-state index contributed by atoms with van der Waals surface area (Å²) in [6.07, 6.45) is 1.65. The predicted molar refractivity (Wildman–Crippen MR) is 82.3 cm³/mol. The monoisotopic (exact) mass is 335 g/mol. The highest BCUT2D eigenvalue weighted by atomic mass is 32.2. The number of sulfone groups is 1. The highest BCUT2D eigenvalue weighted by Crippen LogP contribution is 2.22. The summed E-state index contributed by atoms with van der Waals surface area (Å²) in [5.41, 5.74) is 5.67. The topological polar surface area (TPSA) is 110 Å². The molecule has 7 nitrogen and oxygen atoms in total. The van der Waals surface area contributed by atoms with E-state index in [0.717, 1.165) is 18.9 Å². The van der Waals surface area contributed by atoms with Crippen LogP contribution in [0.4, 0.5) is 5.69 Å². The lowest BCUT2D eigenvalue weighted by Crippen LogP contribution is -2.28. The second kappa shape index (κ2) is 6.73. The van der Waals surface area contributed by atoms with E-state index >= 15 is 0 Å². The largest absolute Gasteiger partial charge is 0.398 e. The number of benzene rings is 1. The molecule has 0 fully saturated rings. The fraction of sp³-hybridized carbons (Fsp3) is 0.500. The third kappa shape index (κ3) is 5.27. The Morgan fingerprint density at radius 3 is 2.33 bits per heavy atom. The van der Waals surface area contributed by atoms with Crippen LogP contribution in [-0.2, 0) is 19.9 Å². The fourth-order valence-electron chi connectivity index (χ4n) is 1.66. The number of hydrogen-bond donors (Lipinski definition) is 2. The van der Waals surface area contributed by atoms with Crippen LogP contribution >= 0.6 is 0 Å². The zero-order chi connectivity index (χ0) is 16.3. The van der Waals surface area contributed by atoms with E-state index in [-0.39, 0.29) is 22.0 Å². The summed E-state index contributed by atoms with van der Waals surface area (Å²) in [5, 5.41) is 0. The number of anilines is 1. The smallest absolute Gasteiger partial charge is 0.242 e. The number of sulfonamides is 1. The molecule has 9 heteroatoms. The number of nitrogens with zero attached hydrogens (tertiary/aromatic N) is 1. The molecule has 0 bridgehead atoms. The molecule has 0 saturated carbocycles. The third-order valence-electron chi connectivity index (χ3n) is 2.78. The molecule has 0 spiro atoms. The molecule has 0 atom stereocenters. The second-order valence-electron chi connectivity index (χ2n) is 5.03. The number of hydrogen-bond acceptors (Lipinski definition) is 6. The van der Waals surface area contributed by atoms with Gasteiger partial charge in [-0.1, -0.05) is 0 Å². The third-order valence-corrected chi connectivity index (χ3v) is 5.40. The molecule has 3 N–H and O–H groups in total. The van der Waals surface area contributed by atoms with Gasteiger partial charge in [0, 0.05) is 12.8 Å². The minimum atomic E-state index is -3.83. The van der Waals surface area contributed by atoms with Gasteiger partial charge < -0.3 is 10.6 Å². The van der Waals surface area contributed by atoms with Crippen LogP contribution in [0.15, 0.2) is 28.0 Å². The van der Waals surface area contributed by atoms with Crippen LogP contribution in [0.2, 0.25) is 0 Å². The van der Waals surface area contributed by atoms with Crippen molar-refractivity contribution in [3.8, 4) is 0 Å². The van der Waals surface area contributed by atoms with Crippen LogP contribution in [0.5, 0.6) is 0 Å².